The van der Waals surface area contributed by atoms with Crippen molar-refractivity contribution >= 4 is 17.5 Å². The summed E-state index contributed by atoms with van der Waals surface area (Å²) in [6.07, 6.45) is -4.47. The molecule has 5 nitrogen and oxygen atoms in total. The maximum atomic E-state index is 12.2. The molecular formula is C17H24F3N3O2. The number of amides is 2. The largest absolute Gasteiger partial charge is 0.405 e. The number of anilines is 1. The van der Waals surface area contributed by atoms with Crippen LogP contribution in [0.25, 0.3) is 0 Å². The lowest BCUT2D eigenvalue weighted by Gasteiger charge is -2.24. The second kappa shape index (κ2) is 8.33. The average Bonchev–Trinajstić information content (AvgIpc) is 2.46. The Labute approximate surface area is 145 Å². The Balaban J connectivity index is 2.63. The lowest BCUT2D eigenvalue weighted by molar-refractivity contribution is -0.141. The quantitative estimate of drug-likeness (QED) is 0.821. The SMILES string of the molecule is Cc1cc(C)c(NC(=O)CN(C)C(C)C(=O)NCC(F)(F)F)c(C)c1. The van der Waals surface area contributed by atoms with Gasteiger partial charge in [-0.1, -0.05) is 17.7 Å². The number of carbonyl (C=O) groups excluding carboxylic acids is 2. The van der Waals surface area contributed by atoms with Gasteiger partial charge in [0.25, 0.3) is 0 Å². The molecule has 1 aromatic carbocycles. The Morgan fingerprint density at radius 1 is 1.16 bits per heavy atom. The van der Waals surface area contributed by atoms with Crippen LogP contribution in [0.1, 0.15) is 23.6 Å². The summed E-state index contributed by atoms with van der Waals surface area (Å²) in [5, 5.41) is 4.61. The Morgan fingerprint density at radius 2 is 1.68 bits per heavy atom. The Hall–Kier alpha value is -2.09. The van der Waals surface area contributed by atoms with Gasteiger partial charge in [-0.3, -0.25) is 14.5 Å². The van der Waals surface area contributed by atoms with Gasteiger partial charge in [0.05, 0.1) is 12.6 Å². The maximum absolute atomic E-state index is 12.2. The molecule has 1 atom stereocenters. The zero-order valence-corrected chi connectivity index (χ0v) is 15.0. The van der Waals surface area contributed by atoms with E-state index >= 15 is 0 Å². The van der Waals surface area contributed by atoms with Crippen LogP contribution in [0, 0.1) is 20.8 Å². The number of benzene rings is 1. The Morgan fingerprint density at radius 3 is 2.16 bits per heavy atom. The number of alkyl halides is 3. The number of halogens is 3. The number of rotatable bonds is 6. The predicted molar refractivity (Wildman–Crippen MR) is 90.4 cm³/mol. The van der Waals surface area contributed by atoms with E-state index in [0.29, 0.717) is 5.69 Å². The van der Waals surface area contributed by atoms with Gasteiger partial charge in [-0.05, 0) is 45.9 Å². The molecule has 2 amide bonds. The first kappa shape index (κ1) is 21.0. The minimum atomic E-state index is -4.47. The number of nitrogens with zero attached hydrogens (tertiary/aromatic N) is 1. The van der Waals surface area contributed by atoms with Gasteiger partial charge in [0, 0.05) is 5.69 Å². The van der Waals surface area contributed by atoms with E-state index in [9.17, 15) is 22.8 Å². The van der Waals surface area contributed by atoms with Crippen molar-refractivity contribution in [1.29, 1.82) is 0 Å². The molecule has 0 bridgehead atoms. The third-order valence-electron chi connectivity index (χ3n) is 3.84. The molecule has 0 radical (unpaired) electrons. The second-order valence-electron chi connectivity index (χ2n) is 6.25. The molecule has 1 unspecified atom stereocenters. The number of nitrogens with one attached hydrogen (secondary N) is 2. The number of likely N-dealkylation sites (N-methyl/N-ethyl adjacent to an activating group) is 1. The van der Waals surface area contributed by atoms with Crippen LogP contribution in [-0.4, -0.2) is 49.1 Å². The molecule has 0 aliphatic heterocycles. The fraction of sp³-hybridized carbons (Fsp3) is 0.529. The number of carbonyl (C=O) groups is 2. The summed E-state index contributed by atoms with van der Waals surface area (Å²) in [6, 6.07) is 3.02. The first-order valence-corrected chi connectivity index (χ1v) is 7.83. The molecule has 0 saturated heterocycles. The highest BCUT2D eigenvalue weighted by Gasteiger charge is 2.29. The summed E-state index contributed by atoms with van der Waals surface area (Å²) >= 11 is 0. The van der Waals surface area contributed by atoms with Gasteiger partial charge in [-0.15, -0.1) is 0 Å². The number of hydrogen-bond acceptors (Lipinski definition) is 3. The van der Waals surface area contributed by atoms with E-state index in [1.807, 2.05) is 38.2 Å². The minimum Gasteiger partial charge on any atom is -0.346 e. The molecule has 0 spiro atoms. The van der Waals surface area contributed by atoms with Crippen LogP contribution in [-0.2, 0) is 9.59 Å². The van der Waals surface area contributed by atoms with E-state index in [1.54, 1.807) is 0 Å². The standard InChI is InChI=1S/C17H24F3N3O2/c1-10-6-11(2)15(12(3)7-10)22-14(24)8-23(5)13(4)16(25)21-9-17(18,19)20/h6-7,13H,8-9H2,1-5H3,(H,21,25)(H,22,24). The molecule has 2 N–H and O–H groups in total. The van der Waals surface area contributed by atoms with Gasteiger partial charge in [0.1, 0.15) is 6.54 Å². The highest BCUT2D eigenvalue weighted by Crippen LogP contribution is 2.21. The molecule has 0 aliphatic rings. The van der Waals surface area contributed by atoms with Gasteiger partial charge < -0.3 is 10.6 Å². The summed E-state index contributed by atoms with van der Waals surface area (Å²) in [5.74, 6) is -1.12. The van der Waals surface area contributed by atoms with Gasteiger partial charge in [-0.25, -0.2) is 0 Å². The molecule has 0 heterocycles. The van der Waals surface area contributed by atoms with Gasteiger partial charge >= 0.3 is 6.18 Å². The molecule has 0 aliphatic carbocycles. The topological polar surface area (TPSA) is 61.4 Å². The minimum absolute atomic E-state index is 0.118. The molecule has 0 fully saturated rings. The van der Waals surface area contributed by atoms with Crippen molar-refractivity contribution in [1.82, 2.24) is 10.2 Å². The van der Waals surface area contributed by atoms with Crippen LogP contribution in [0.2, 0.25) is 0 Å². The summed E-state index contributed by atoms with van der Waals surface area (Å²) in [5.41, 5.74) is 3.63. The van der Waals surface area contributed by atoms with Crippen LogP contribution in [0.4, 0.5) is 18.9 Å². The monoisotopic (exact) mass is 359 g/mol. The molecule has 25 heavy (non-hydrogen) atoms. The second-order valence-corrected chi connectivity index (χ2v) is 6.25. The smallest absolute Gasteiger partial charge is 0.346 e. The maximum Gasteiger partial charge on any atom is 0.405 e. The van der Waals surface area contributed by atoms with Crippen LogP contribution < -0.4 is 10.6 Å². The van der Waals surface area contributed by atoms with E-state index < -0.39 is 24.7 Å². The molecule has 1 aromatic rings. The van der Waals surface area contributed by atoms with Crippen molar-refractivity contribution in [3.05, 3.63) is 28.8 Å². The van der Waals surface area contributed by atoms with Crippen LogP contribution in [0.3, 0.4) is 0 Å². The van der Waals surface area contributed by atoms with Crippen molar-refractivity contribution in [3.8, 4) is 0 Å². The predicted octanol–water partition coefficient (Wildman–Crippen LogP) is 2.55. The Kier molecular flexibility index (Phi) is 6.98. The highest BCUT2D eigenvalue weighted by atomic mass is 19.4. The molecule has 1 rings (SSSR count). The fourth-order valence-corrected chi connectivity index (χ4v) is 2.45. The van der Waals surface area contributed by atoms with E-state index in [4.69, 9.17) is 0 Å². The molecule has 140 valence electrons. The van der Waals surface area contributed by atoms with Crippen molar-refractivity contribution in [2.75, 3.05) is 25.5 Å². The third-order valence-corrected chi connectivity index (χ3v) is 3.84. The molecular weight excluding hydrogens is 335 g/mol. The highest BCUT2D eigenvalue weighted by molar-refractivity contribution is 5.94. The average molecular weight is 359 g/mol. The van der Waals surface area contributed by atoms with E-state index in [2.05, 4.69) is 5.32 Å². The van der Waals surface area contributed by atoms with E-state index in [-0.39, 0.29) is 12.5 Å². The van der Waals surface area contributed by atoms with Crippen LogP contribution in [0.15, 0.2) is 12.1 Å². The number of hydrogen-bond donors (Lipinski definition) is 2. The molecule has 0 aromatic heterocycles. The Bertz CT molecular complexity index is 622. The zero-order chi connectivity index (χ0) is 19.4. The van der Waals surface area contributed by atoms with Crippen molar-refractivity contribution < 1.29 is 22.8 Å². The lowest BCUT2D eigenvalue weighted by Crippen LogP contribution is -2.47. The van der Waals surface area contributed by atoms with Crippen LogP contribution in [0.5, 0.6) is 0 Å². The summed E-state index contributed by atoms with van der Waals surface area (Å²) in [4.78, 5) is 25.3. The summed E-state index contributed by atoms with van der Waals surface area (Å²) < 4.78 is 36.4. The summed E-state index contributed by atoms with van der Waals surface area (Å²) in [6.45, 7) is 5.66. The normalized spacial score (nSPS) is 12.8. The fourth-order valence-electron chi connectivity index (χ4n) is 2.45. The number of aryl methyl sites for hydroxylation is 3. The van der Waals surface area contributed by atoms with Gasteiger partial charge in [-0.2, -0.15) is 13.2 Å². The van der Waals surface area contributed by atoms with Gasteiger partial charge in [0.15, 0.2) is 0 Å². The lowest BCUT2D eigenvalue weighted by atomic mass is 10.1. The van der Waals surface area contributed by atoms with E-state index in [1.165, 1.54) is 18.9 Å². The third kappa shape index (κ3) is 6.74. The molecule has 8 heteroatoms. The van der Waals surface area contributed by atoms with Crippen molar-refractivity contribution in [3.63, 3.8) is 0 Å². The first-order valence-electron chi connectivity index (χ1n) is 7.83. The van der Waals surface area contributed by atoms with E-state index in [0.717, 1.165) is 16.7 Å². The first-order chi connectivity index (χ1) is 11.4. The molecule has 0 saturated carbocycles. The van der Waals surface area contributed by atoms with Gasteiger partial charge in [0.2, 0.25) is 11.8 Å². The van der Waals surface area contributed by atoms with Crippen molar-refractivity contribution in [2.45, 2.75) is 39.9 Å². The zero-order valence-electron chi connectivity index (χ0n) is 15.0. The summed E-state index contributed by atoms with van der Waals surface area (Å²) in [7, 11) is 1.51. The van der Waals surface area contributed by atoms with Crippen LogP contribution >= 0.6 is 0 Å². The van der Waals surface area contributed by atoms with Crippen molar-refractivity contribution in [2.24, 2.45) is 0 Å².